The summed E-state index contributed by atoms with van der Waals surface area (Å²) in [6, 6.07) is 10.9. The third kappa shape index (κ3) is 3.13. The molecule has 4 rings (SSSR count). The van der Waals surface area contributed by atoms with Crippen molar-refractivity contribution in [2.75, 3.05) is 13.1 Å². The second-order valence-electron chi connectivity index (χ2n) is 6.50. The summed E-state index contributed by atoms with van der Waals surface area (Å²) in [5.41, 5.74) is 3.80. The summed E-state index contributed by atoms with van der Waals surface area (Å²) in [5.74, 6) is 1.40. The Morgan fingerprint density at radius 3 is 3.13 bits per heavy atom. The van der Waals surface area contributed by atoms with E-state index in [0.29, 0.717) is 5.92 Å². The standard InChI is InChI=1S/C19H22N4/c1-14-20-9-7-18(22-14)17-3-2-10-23(13-17)12-15-4-5-16-6-8-21-19(16)11-15/h4-9,11,17,21H,2-3,10,12-13H2,1H3. The monoisotopic (exact) mass is 306 g/mol. The molecule has 1 aliphatic heterocycles. The van der Waals surface area contributed by atoms with Crippen LogP contribution in [0.5, 0.6) is 0 Å². The van der Waals surface area contributed by atoms with E-state index in [0.717, 1.165) is 18.9 Å². The number of nitrogens with one attached hydrogen (secondary N) is 1. The van der Waals surface area contributed by atoms with Crippen molar-refractivity contribution in [2.24, 2.45) is 0 Å². The first kappa shape index (κ1) is 14.4. The number of aromatic amines is 1. The second kappa shape index (κ2) is 6.13. The van der Waals surface area contributed by atoms with Gasteiger partial charge < -0.3 is 4.98 Å². The first-order valence-corrected chi connectivity index (χ1v) is 8.36. The van der Waals surface area contributed by atoms with Crippen LogP contribution in [0.1, 0.15) is 35.8 Å². The van der Waals surface area contributed by atoms with Crippen LogP contribution >= 0.6 is 0 Å². The maximum absolute atomic E-state index is 4.63. The molecule has 4 heteroatoms. The van der Waals surface area contributed by atoms with Gasteiger partial charge in [-0.1, -0.05) is 12.1 Å². The fourth-order valence-electron chi connectivity index (χ4n) is 3.59. The van der Waals surface area contributed by atoms with E-state index >= 15 is 0 Å². The largest absolute Gasteiger partial charge is 0.361 e. The van der Waals surface area contributed by atoms with Gasteiger partial charge >= 0.3 is 0 Å². The number of aryl methyl sites for hydroxylation is 1. The highest BCUT2D eigenvalue weighted by Gasteiger charge is 2.22. The number of likely N-dealkylation sites (tertiary alicyclic amines) is 1. The fourth-order valence-corrected chi connectivity index (χ4v) is 3.59. The lowest BCUT2D eigenvalue weighted by atomic mass is 9.94. The molecule has 0 radical (unpaired) electrons. The molecule has 0 saturated carbocycles. The Balaban J connectivity index is 1.48. The number of rotatable bonds is 3. The molecule has 23 heavy (non-hydrogen) atoms. The fraction of sp³-hybridized carbons (Fsp3) is 0.368. The molecule has 1 saturated heterocycles. The zero-order chi connectivity index (χ0) is 15.6. The third-order valence-corrected chi connectivity index (χ3v) is 4.75. The number of hydrogen-bond donors (Lipinski definition) is 1. The molecule has 1 N–H and O–H groups in total. The van der Waals surface area contributed by atoms with Gasteiger partial charge in [0.15, 0.2) is 0 Å². The molecule has 1 fully saturated rings. The number of hydrogen-bond acceptors (Lipinski definition) is 3. The molecule has 3 aromatic rings. The maximum atomic E-state index is 4.63. The van der Waals surface area contributed by atoms with Crippen LogP contribution in [0.4, 0.5) is 0 Å². The topological polar surface area (TPSA) is 44.8 Å². The average molecular weight is 306 g/mol. The van der Waals surface area contributed by atoms with Crippen molar-refractivity contribution in [1.82, 2.24) is 19.9 Å². The normalized spacial score (nSPS) is 19.3. The van der Waals surface area contributed by atoms with Crippen LogP contribution in [0.3, 0.4) is 0 Å². The SMILES string of the molecule is Cc1nccc(C2CCCN(Cc3ccc4cc[nH]c4c3)C2)n1. The van der Waals surface area contributed by atoms with Gasteiger partial charge in [0, 0.05) is 42.6 Å². The second-order valence-corrected chi connectivity index (χ2v) is 6.50. The van der Waals surface area contributed by atoms with E-state index in [2.05, 4.69) is 50.2 Å². The molecule has 3 heterocycles. The summed E-state index contributed by atoms with van der Waals surface area (Å²) in [4.78, 5) is 14.7. The summed E-state index contributed by atoms with van der Waals surface area (Å²) < 4.78 is 0. The molecule has 118 valence electrons. The van der Waals surface area contributed by atoms with E-state index in [-0.39, 0.29) is 0 Å². The summed E-state index contributed by atoms with van der Waals surface area (Å²) >= 11 is 0. The molecule has 1 atom stereocenters. The van der Waals surface area contributed by atoms with Gasteiger partial charge in [0.1, 0.15) is 5.82 Å². The summed E-state index contributed by atoms with van der Waals surface area (Å²) in [5, 5.41) is 1.28. The number of nitrogens with zero attached hydrogens (tertiary/aromatic N) is 3. The minimum Gasteiger partial charge on any atom is -0.361 e. The van der Waals surface area contributed by atoms with Crippen molar-refractivity contribution in [3.05, 3.63) is 59.8 Å². The molecule has 0 amide bonds. The van der Waals surface area contributed by atoms with E-state index < -0.39 is 0 Å². The number of piperidine rings is 1. The third-order valence-electron chi connectivity index (χ3n) is 4.75. The Kier molecular flexibility index (Phi) is 3.83. The summed E-state index contributed by atoms with van der Waals surface area (Å²) in [6.07, 6.45) is 6.35. The average Bonchev–Trinajstić information content (AvgIpc) is 3.03. The smallest absolute Gasteiger partial charge is 0.125 e. The van der Waals surface area contributed by atoms with E-state index in [1.807, 2.05) is 19.3 Å². The molecular weight excluding hydrogens is 284 g/mol. The molecule has 2 aromatic heterocycles. The van der Waals surface area contributed by atoms with Gasteiger partial charge in [-0.15, -0.1) is 0 Å². The Morgan fingerprint density at radius 2 is 2.22 bits per heavy atom. The van der Waals surface area contributed by atoms with Crippen LogP contribution in [-0.4, -0.2) is 32.9 Å². The van der Waals surface area contributed by atoms with E-state index in [1.54, 1.807) is 0 Å². The van der Waals surface area contributed by atoms with E-state index in [9.17, 15) is 0 Å². The van der Waals surface area contributed by atoms with E-state index in [4.69, 9.17) is 0 Å². The molecule has 1 aromatic carbocycles. The maximum Gasteiger partial charge on any atom is 0.125 e. The molecule has 4 nitrogen and oxygen atoms in total. The highest BCUT2D eigenvalue weighted by Crippen LogP contribution is 2.27. The van der Waals surface area contributed by atoms with Gasteiger partial charge in [-0.05, 0) is 55.5 Å². The number of fused-ring (bicyclic) bond motifs is 1. The van der Waals surface area contributed by atoms with Crippen LogP contribution in [0.2, 0.25) is 0 Å². The van der Waals surface area contributed by atoms with Crippen LogP contribution in [-0.2, 0) is 6.54 Å². The number of benzene rings is 1. The summed E-state index contributed by atoms with van der Waals surface area (Å²) in [7, 11) is 0. The van der Waals surface area contributed by atoms with Gasteiger partial charge in [-0.2, -0.15) is 0 Å². The molecule has 0 aliphatic carbocycles. The van der Waals surface area contributed by atoms with Gasteiger partial charge in [0.05, 0.1) is 0 Å². The van der Waals surface area contributed by atoms with Crippen LogP contribution in [0, 0.1) is 6.92 Å². The minimum atomic E-state index is 0.527. The highest BCUT2D eigenvalue weighted by atomic mass is 15.1. The molecular formula is C19H22N4. The predicted octanol–water partition coefficient (Wildman–Crippen LogP) is 3.65. The highest BCUT2D eigenvalue weighted by molar-refractivity contribution is 5.79. The van der Waals surface area contributed by atoms with Gasteiger partial charge in [0.2, 0.25) is 0 Å². The van der Waals surface area contributed by atoms with Crippen molar-refractivity contribution in [3.8, 4) is 0 Å². The van der Waals surface area contributed by atoms with E-state index in [1.165, 1.54) is 41.5 Å². The van der Waals surface area contributed by atoms with Gasteiger partial charge in [0.25, 0.3) is 0 Å². The van der Waals surface area contributed by atoms with Crippen molar-refractivity contribution >= 4 is 10.9 Å². The van der Waals surface area contributed by atoms with Crippen LogP contribution in [0.15, 0.2) is 42.7 Å². The van der Waals surface area contributed by atoms with Crippen LogP contribution < -0.4 is 0 Å². The van der Waals surface area contributed by atoms with Gasteiger partial charge in [-0.3, -0.25) is 4.90 Å². The van der Waals surface area contributed by atoms with Crippen molar-refractivity contribution in [2.45, 2.75) is 32.2 Å². The van der Waals surface area contributed by atoms with Crippen LogP contribution in [0.25, 0.3) is 10.9 Å². The lowest BCUT2D eigenvalue weighted by molar-refractivity contribution is 0.198. The Morgan fingerprint density at radius 1 is 1.26 bits per heavy atom. The van der Waals surface area contributed by atoms with Crippen molar-refractivity contribution < 1.29 is 0 Å². The Bertz CT molecular complexity index is 808. The Labute approximate surface area is 136 Å². The number of aromatic nitrogens is 3. The molecule has 1 unspecified atom stereocenters. The molecule has 0 spiro atoms. The summed E-state index contributed by atoms with van der Waals surface area (Å²) in [6.45, 7) is 5.23. The van der Waals surface area contributed by atoms with Crippen molar-refractivity contribution in [1.29, 1.82) is 0 Å². The quantitative estimate of drug-likeness (QED) is 0.803. The first-order valence-electron chi connectivity index (χ1n) is 8.36. The molecule has 1 aliphatic rings. The zero-order valence-electron chi connectivity index (χ0n) is 13.5. The minimum absolute atomic E-state index is 0.527. The first-order chi connectivity index (χ1) is 11.3. The number of H-pyrrole nitrogens is 1. The van der Waals surface area contributed by atoms with Crippen molar-refractivity contribution in [3.63, 3.8) is 0 Å². The van der Waals surface area contributed by atoms with Gasteiger partial charge in [-0.25, -0.2) is 9.97 Å². The molecule has 0 bridgehead atoms. The lowest BCUT2D eigenvalue weighted by Gasteiger charge is -2.32. The predicted molar refractivity (Wildman–Crippen MR) is 92.3 cm³/mol. The lowest BCUT2D eigenvalue weighted by Crippen LogP contribution is -2.34. The Hall–Kier alpha value is -2.20. The zero-order valence-corrected chi connectivity index (χ0v) is 13.5.